The van der Waals surface area contributed by atoms with Gasteiger partial charge in [0.05, 0.1) is 6.21 Å². The molecule has 4 nitrogen and oxygen atoms in total. The van der Waals surface area contributed by atoms with E-state index in [2.05, 4.69) is 43.4 Å². The Kier molecular flexibility index (Phi) is 5.25. The van der Waals surface area contributed by atoms with Crippen LogP contribution in [0, 0.1) is 6.92 Å². The minimum atomic E-state index is 0.770. The van der Waals surface area contributed by atoms with Gasteiger partial charge in [-0.25, -0.2) is 0 Å². The van der Waals surface area contributed by atoms with Crippen molar-refractivity contribution in [1.29, 1.82) is 0 Å². The van der Waals surface area contributed by atoms with Crippen LogP contribution >= 0.6 is 27.7 Å². The molecular weight excluding hydrogens is 372 g/mol. The van der Waals surface area contributed by atoms with Gasteiger partial charge in [-0.15, -0.1) is 10.2 Å². The lowest BCUT2D eigenvalue weighted by Gasteiger charge is -2.02. The Bertz CT molecular complexity index is 814. The molecule has 0 aliphatic rings. The van der Waals surface area contributed by atoms with Crippen molar-refractivity contribution in [2.45, 2.75) is 17.8 Å². The van der Waals surface area contributed by atoms with E-state index in [1.807, 2.05) is 55.6 Å². The maximum atomic E-state index is 4.51. The van der Waals surface area contributed by atoms with Crippen LogP contribution in [0.3, 0.4) is 0 Å². The van der Waals surface area contributed by atoms with Crippen LogP contribution in [0.4, 0.5) is 0 Å². The van der Waals surface area contributed by atoms with Crippen LogP contribution in [-0.4, -0.2) is 21.1 Å². The fraction of sp³-hybridized carbons (Fsp3) is 0.118. The molecule has 0 aliphatic heterocycles. The van der Waals surface area contributed by atoms with E-state index in [9.17, 15) is 0 Å². The van der Waals surface area contributed by atoms with Crippen molar-refractivity contribution in [3.8, 4) is 0 Å². The van der Waals surface area contributed by atoms with Crippen molar-refractivity contribution in [2.24, 2.45) is 5.10 Å². The van der Waals surface area contributed by atoms with Gasteiger partial charge in [-0.2, -0.15) is 9.78 Å². The van der Waals surface area contributed by atoms with E-state index in [1.165, 1.54) is 5.56 Å². The third-order valence-corrected chi connectivity index (χ3v) is 4.63. The van der Waals surface area contributed by atoms with Crippen LogP contribution in [0.15, 0.2) is 69.3 Å². The molecule has 0 N–H and O–H groups in total. The minimum Gasteiger partial charge on any atom is -0.192 e. The van der Waals surface area contributed by atoms with Crippen LogP contribution in [0.5, 0.6) is 0 Å². The summed E-state index contributed by atoms with van der Waals surface area (Å²) in [5.74, 6) is 1.61. The van der Waals surface area contributed by atoms with Gasteiger partial charge in [-0.3, -0.25) is 0 Å². The van der Waals surface area contributed by atoms with E-state index in [0.29, 0.717) is 0 Å². The summed E-state index contributed by atoms with van der Waals surface area (Å²) in [4.78, 5) is 0. The van der Waals surface area contributed by atoms with Crippen molar-refractivity contribution in [1.82, 2.24) is 14.9 Å². The lowest BCUT2D eigenvalue weighted by atomic mass is 10.2. The molecule has 0 saturated carbocycles. The van der Waals surface area contributed by atoms with Crippen LogP contribution in [0.2, 0.25) is 0 Å². The van der Waals surface area contributed by atoms with Crippen LogP contribution in [0.25, 0.3) is 0 Å². The Balaban J connectivity index is 1.76. The van der Waals surface area contributed by atoms with Gasteiger partial charge in [0.15, 0.2) is 5.82 Å². The number of benzene rings is 2. The molecule has 0 bridgehead atoms. The molecule has 1 aromatic heterocycles. The molecule has 0 radical (unpaired) electrons. The third kappa shape index (κ3) is 4.30. The number of thioether (sulfide) groups is 1. The highest BCUT2D eigenvalue weighted by Gasteiger charge is 2.08. The van der Waals surface area contributed by atoms with Gasteiger partial charge in [-0.05, 0) is 30.2 Å². The van der Waals surface area contributed by atoms with Gasteiger partial charge in [0.2, 0.25) is 5.16 Å². The number of rotatable bonds is 5. The van der Waals surface area contributed by atoms with Crippen molar-refractivity contribution >= 4 is 33.9 Å². The fourth-order valence-corrected chi connectivity index (χ4v) is 3.30. The smallest absolute Gasteiger partial charge is 0.192 e. The van der Waals surface area contributed by atoms with E-state index in [1.54, 1.807) is 16.4 Å². The predicted octanol–water partition coefficient (Wildman–Crippen LogP) is 4.52. The average Bonchev–Trinajstić information content (AvgIpc) is 2.92. The normalized spacial score (nSPS) is 11.2. The van der Waals surface area contributed by atoms with Gasteiger partial charge < -0.3 is 0 Å². The molecule has 3 rings (SSSR count). The summed E-state index contributed by atoms with van der Waals surface area (Å²) in [5, 5.41) is 13.6. The van der Waals surface area contributed by atoms with Crippen LogP contribution in [0.1, 0.15) is 17.0 Å². The first kappa shape index (κ1) is 16.0. The first-order valence-electron chi connectivity index (χ1n) is 7.11. The molecular formula is C17H15BrN4S. The van der Waals surface area contributed by atoms with E-state index < -0.39 is 0 Å². The molecule has 0 saturated heterocycles. The molecule has 2 aromatic carbocycles. The molecule has 116 valence electrons. The zero-order valence-corrected chi connectivity index (χ0v) is 15.0. The Labute approximate surface area is 147 Å². The number of nitrogens with zero attached hydrogens (tertiary/aromatic N) is 4. The Morgan fingerprint density at radius 3 is 2.74 bits per heavy atom. The van der Waals surface area contributed by atoms with E-state index in [-0.39, 0.29) is 0 Å². The number of aromatic nitrogens is 3. The van der Waals surface area contributed by atoms with Gasteiger partial charge in [-0.1, -0.05) is 70.2 Å². The Hall–Kier alpha value is -1.92. The van der Waals surface area contributed by atoms with Crippen molar-refractivity contribution < 1.29 is 0 Å². The number of hydrogen-bond acceptors (Lipinski definition) is 4. The second-order valence-electron chi connectivity index (χ2n) is 4.92. The Morgan fingerprint density at radius 1 is 1.13 bits per heavy atom. The Morgan fingerprint density at radius 2 is 1.96 bits per heavy atom. The van der Waals surface area contributed by atoms with Crippen molar-refractivity contribution in [3.05, 3.63) is 76.0 Å². The molecule has 0 atom stereocenters. The van der Waals surface area contributed by atoms with Gasteiger partial charge in [0, 0.05) is 10.2 Å². The highest BCUT2D eigenvalue weighted by molar-refractivity contribution is 9.10. The average molecular weight is 387 g/mol. The van der Waals surface area contributed by atoms with Crippen LogP contribution < -0.4 is 0 Å². The summed E-state index contributed by atoms with van der Waals surface area (Å²) in [5.41, 5.74) is 2.27. The first-order valence-corrected chi connectivity index (χ1v) is 8.89. The first-order chi connectivity index (χ1) is 11.2. The largest absolute Gasteiger partial charge is 0.212 e. The summed E-state index contributed by atoms with van der Waals surface area (Å²) in [7, 11) is 0. The highest BCUT2D eigenvalue weighted by atomic mass is 79.9. The third-order valence-electron chi connectivity index (χ3n) is 3.15. The lowest BCUT2D eigenvalue weighted by Crippen LogP contribution is -1.96. The summed E-state index contributed by atoms with van der Waals surface area (Å²) in [6.07, 6.45) is 1.81. The van der Waals surface area contributed by atoms with E-state index >= 15 is 0 Å². The second-order valence-corrected chi connectivity index (χ2v) is 6.77. The second kappa shape index (κ2) is 7.57. The number of halogens is 1. The summed E-state index contributed by atoms with van der Waals surface area (Å²) >= 11 is 5.09. The zero-order chi connectivity index (χ0) is 16.1. The van der Waals surface area contributed by atoms with Gasteiger partial charge >= 0.3 is 0 Å². The molecule has 1 heterocycles. The molecule has 3 aromatic rings. The maximum Gasteiger partial charge on any atom is 0.212 e. The SMILES string of the molecule is Cc1nnc(SCc2ccccc2)n1/N=C/c1cccc(Br)c1. The van der Waals surface area contributed by atoms with E-state index in [0.717, 1.165) is 26.8 Å². The minimum absolute atomic E-state index is 0.770. The van der Waals surface area contributed by atoms with Gasteiger partial charge in [0.1, 0.15) is 0 Å². The zero-order valence-electron chi connectivity index (χ0n) is 12.6. The quantitative estimate of drug-likeness (QED) is 0.478. The van der Waals surface area contributed by atoms with E-state index in [4.69, 9.17) is 0 Å². The lowest BCUT2D eigenvalue weighted by molar-refractivity contribution is 0.744. The fourth-order valence-electron chi connectivity index (χ4n) is 1.99. The van der Waals surface area contributed by atoms with Crippen LogP contribution in [-0.2, 0) is 5.75 Å². The van der Waals surface area contributed by atoms with Crippen molar-refractivity contribution in [3.63, 3.8) is 0 Å². The topological polar surface area (TPSA) is 43.1 Å². The summed E-state index contributed by atoms with van der Waals surface area (Å²) in [6.45, 7) is 1.90. The van der Waals surface area contributed by atoms with Crippen molar-refractivity contribution in [2.75, 3.05) is 0 Å². The van der Waals surface area contributed by atoms with Gasteiger partial charge in [0.25, 0.3) is 0 Å². The number of aryl methyl sites for hydroxylation is 1. The molecule has 0 spiro atoms. The molecule has 0 amide bonds. The summed E-state index contributed by atoms with van der Waals surface area (Å²) < 4.78 is 2.80. The molecule has 0 unspecified atom stereocenters. The molecule has 23 heavy (non-hydrogen) atoms. The standard InChI is InChI=1S/C17H15BrN4S/c1-13-20-21-17(23-12-14-6-3-2-4-7-14)22(13)19-11-15-8-5-9-16(18)10-15/h2-11H,12H2,1H3/b19-11+. The monoisotopic (exact) mass is 386 g/mol. The number of hydrogen-bond donors (Lipinski definition) is 0. The molecule has 0 aliphatic carbocycles. The summed E-state index contributed by atoms with van der Waals surface area (Å²) in [6, 6.07) is 18.3. The highest BCUT2D eigenvalue weighted by Crippen LogP contribution is 2.21. The molecule has 0 fully saturated rings. The predicted molar refractivity (Wildman–Crippen MR) is 97.9 cm³/mol. The molecule has 6 heteroatoms. The maximum absolute atomic E-state index is 4.51.